The van der Waals surface area contributed by atoms with Crippen molar-refractivity contribution in [2.45, 2.75) is 26.6 Å². The fourth-order valence-corrected chi connectivity index (χ4v) is 1.16. The van der Waals surface area contributed by atoms with E-state index in [1.807, 2.05) is 0 Å². The van der Waals surface area contributed by atoms with Crippen LogP contribution in [0.1, 0.15) is 19.7 Å². The van der Waals surface area contributed by atoms with Crippen molar-refractivity contribution in [3.05, 3.63) is 23.5 Å². The first-order chi connectivity index (χ1) is 8.36. The highest BCUT2D eigenvalue weighted by atomic mass is 19.4. The second kappa shape index (κ2) is 5.76. The molecule has 0 saturated carbocycles. The summed E-state index contributed by atoms with van der Waals surface area (Å²) in [4.78, 5) is 0. The summed E-state index contributed by atoms with van der Waals surface area (Å²) in [6.07, 6.45) is -1.98. The summed E-state index contributed by atoms with van der Waals surface area (Å²) in [5.41, 5.74) is -0.168. The smallest absolute Gasteiger partial charge is 0.313 e. The zero-order valence-corrected chi connectivity index (χ0v) is 10.3. The van der Waals surface area contributed by atoms with Gasteiger partial charge in [-0.25, -0.2) is 4.68 Å². The van der Waals surface area contributed by atoms with Crippen LogP contribution in [0.25, 0.3) is 5.70 Å². The third kappa shape index (κ3) is 3.66. The molecule has 0 saturated heterocycles. The Kier molecular flexibility index (Phi) is 4.60. The molecule has 0 aromatic carbocycles. The summed E-state index contributed by atoms with van der Waals surface area (Å²) < 4.78 is 38.2. The Morgan fingerprint density at radius 2 is 2.00 bits per heavy atom. The van der Waals surface area contributed by atoms with E-state index in [-0.39, 0.29) is 0 Å². The van der Waals surface area contributed by atoms with Gasteiger partial charge in [0.05, 0.1) is 6.54 Å². The van der Waals surface area contributed by atoms with Gasteiger partial charge in [0.2, 0.25) is 0 Å². The number of alkyl halides is 3. The van der Waals surface area contributed by atoms with Gasteiger partial charge >= 0.3 is 6.18 Å². The number of hydrogen-bond donors (Lipinski definition) is 1. The minimum Gasteiger partial charge on any atom is -0.313 e. The van der Waals surface area contributed by atoms with E-state index in [9.17, 15) is 13.2 Å². The van der Waals surface area contributed by atoms with Crippen molar-refractivity contribution in [1.29, 1.82) is 0 Å². The molecule has 18 heavy (non-hydrogen) atoms. The van der Waals surface area contributed by atoms with Crippen molar-refractivity contribution in [2.75, 3.05) is 7.05 Å². The molecule has 1 aromatic rings. The molecule has 0 aliphatic heterocycles. The summed E-state index contributed by atoms with van der Waals surface area (Å²) >= 11 is 0. The van der Waals surface area contributed by atoms with Crippen LogP contribution in [0.3, 0.4) is 0 Å². The van der Waals surface area contributed by atoms with Crippen molar-refractivity contribution in [3.8, 4) is 0 Å². The summed E-state index contributed by atoms with van der Waals surface area (Å²) in [6, 6.07) is 0. The molecule has 0 fully saturated rings. The number of aromatic nitrogens is 4. The highest BCUT2D eigenvalue weighted by Gasteiger charge is 2.29. The summed E-state index contributed by atoms with van der Waals surface area (Å²) in [7, 11) is 1.73. The quantitative estimate of drug-likeness (QED) is 0.839. The third-order valence-electron chi connectivity index (χ3n) is 2.22. The lowest BCUT2D eigenvalue weighted by Gasteiger charge is -2.06. The number of nitrogens with zero attached hydrogens (tertiary/aromatic N) is 4. The SMILES string of the molecule is CNCc1nnnn1C(C)=CC=C(C)C(F)(F)F. The Balaban J connectivity index is 2.93. The van der Waals surface area contributed by atoms with Crippen LogP contribution in [0.2, 0.25) is 0 Å². The monoisotopic (exact) mass is 261 g/mol. The van der Waals surface area contributed by atoms with Crippen LogP contribution in [-0.4, -0.2) is 33.4 Å². The Bertz CT molecular complexity index is 458. The lowest BCUT2D eigenvalue weighted by Crippen LogP contribution is -2.12. The van der Waals surface area contributed by atoms with Crippen LogP contribution in [0.15, 0.2) is 17.7 Å². The molecule has 8 heteroatoms. The molecule has 0 aliphatic carbocycles. The van der Waals surface area contributed by atoms with Gasteiger partial charge in [-0.2, -0.15) is 13.2 Å². The number of tetrazole rings is 1. The van der Waals surface area contributed by atoms with E-state index in [1.165, 1.54) is 10.8 Å². The maximum absolute atomic E-state index is 12.3. The van der Waals surface area contributed by atoms with Crippen molar-refractivity contribution >= 4 is 5.70 Å². The first kappa shape index (κ1) is 14.4. The molecule has 0 atom stereocenters. The molecular formula is C10H14F3N5. The zero-order valence-electron chi connectivity index (χ0n) is 10.3. The van der Waals surface area contributed by atoms with Gasteiger partial charge in [0.1, 0.15) is 0 Å². The van der Waals surface area contributed by atoms with E-state index in [4.69, 9.17) is 0 Å². The molecule has 0 radical (unpaired) electrons. The Morgan fingerprint density at radius 3 is 2.56 bits per heavy atom. The molecule has 0 unspecified atom stereocenters. The van der Waals surface area contributed by atoms with Gasteiger partial charge in [0, 0.05) is 11.3 Å². The van der Waals surface area contributed by atoms with E-state index in [0.717, 1.165) is 13.0 Å². The average Bonchev–Trinajstić information content (AvgIpc) is 2.72. The minimum atomic E-state index is -4.31. The molecule has 0 spiro atoms. The number of hydrogen-bond acceptors (Lipinski definition) is 4. The van der Waals surface area contributed by atoms with Crippen LogP contribution < -0.4 is 5.32 Å². The molecular weight excluding hydrogens is 247 g/mol. The number of rotatable bonds is 4. The highest BCUT2D eigenvalue weighted by molar-refractivity contribution is 5.45. The average molecular weight is 261 g/mol. The van der Waals surface area contributed by atoms with E-state index < -0.39 is 11.7 Å². The molecule has 1 rings (SSSR count). The van der Waals surface area contributed by atoms with Gasteiger partial charge in [-0.1, -0.05) is 6.08 Å². The number of allylic oxidation sites excluding steroid dienone is 4. The van der Waals surface area contributed by atoms with Crippen molar-refractivity contribution < 1.29 is 13.2 Å². The largest absolute Gasteiger partial charge is 0.412 e. The minimum absolute atomic E-state index is 0.431. The maximum atomic E-state index is 12.3. The summed E-state index contributed by atoms with van der Waals surface area (Å²) in [5.74, 6) is 0.532. The van der Waals surface area contributed by atoms with Crippen LogP contribution >= 0.6 is 0 Å². The van der Waals surface area contributed by atoms with Crippen LogP contribution in [0, 0.1) is 0 Å². The van der Waals surface area contributed by atoms with Gasteiger partial charge < -0.3 is 5.32 Å². The molecule has 1 heterocycles. The summed E-state index contributed by atoms with van der Waals surface area (Å²) in [5, 5.41) is 13.8. The molecule has 100 valence electrons. The zero-order chi connectivity index (χ0) is 13.8. The van der Waals surface area contributed by atoms with Gasteiger partial charge in [-0.3, -0.25) is 0 Å². The third-order valence-corrected chi connectivity index (χ3v) is 2.22. The molecule has 1 N–H and O–H groups in total. The van der Waals surface area contributed by atoms with Gasteiger partial charge in [0.15, 0.2) is 5.82 Å². The van der Waals surface area contributed by atoms with Crippen molar-refractivity contribution in [3.63, 3.8) is 0 Å². The predicted octanol–water partition coefficient (Wildman–Crippen LogP) is 1.76. The second-order valence-electron chi connectivity index (χ2n) is 3.69. The molecule has 5 nitrogen and oxygen atoms in total. The van der Waals surface area contributed by atoms with Crippen molar-refractivity contribution in [1.82, 2.24) is 25.5 Å². The predicted molar refractivity (Wildman–Crippen MR) is 60.3 cm³/mol. The Morgan fingerprint density at radius 1 is 1.33 bits per heavy atom. The van der Waals surface area contributed by atoms with Crippen LogP contribution in [0.5, 0.6) is 0 Å². The number of nitrogens with one attached hydrogen (secondary N) is 1. The fraction of sp³-hybridized carbons (Fsp3) is 0.500. The molecule has 0 bridgehead atoms. The second-order valence-corrected chi connectivity index (χ2v) is 3.69. The van der Waals surface area contributed by atoms with E-state index in [1.54, 1.807) is 14.0 Å². The normalized spacial score (nSPS) is 14.1. The van der Waals surface area contributed by atoms with E-state index in [0.29, 0.717) is 18.1 Å². The first-order valence-electron chi connectivity index (χ1n) is 5.21. The van der Waals surface area contributed by atoms with Gasteiger partial charge in [0.25, 0.3) is 0 Å². The Labute approximate surface area is 102 Å². The Hall–Kier alpha value is -1.70. The van der Waals surface area contributed by atoms with Gasteiger partial charge in [-0.05, 0) is 37.4 Å². The molecule has 0 amide bonds. The van der Waals surface area contributed by atoms with Gasteiger partial charge in [-0.15, -0.1) is 5.10 Å². The van der Waals surface area contributed by atoms with E-state index in [2.05, 4.69) is 20.8 Å². The standard InChI is InChI=1S/C10H14F3N5/c1-7(10(11,12)13)4-5-8(2)18-9(6-14-3)15-16-17-18/h4-5,14H,6H2,1-3H3. The summed E-state index contributed by atoms with van der Waals surface area (Å²) in [6.45, 7) is 3.08. The highest BCUT2D eigenvalue weighted by Crippen LogP contribution is 2.25. The van der Waals surface area contributed by atoms with Crippen LogP contribution in [-0.2, 0) is 6.54 Å². The first-order valence-corrected chi connectivity index (χ1v) is 5.21. The topological polar surface area (TPSA) is 55.6 Å². The number of halogens is 3. The van der Waals surface area contributed by atoms with Crippen molar-refractivity contribution in [2.24, 2.45) is 0 Å². The lowest BCUT2D eigenvalue weighted by atomic mass is 10.2. The van der Waals surface area contributed by atoms with E-state index >= 15 is 0 Å². The lowest BCUT2D eigenvalue weighted by molar-refractivity contribution is -0.0912. The molecule has 0 aliphatic rings. The maximum Gasteiger partial charge on any atom is 0.412 e. The fourth-order valence-electron chi connectivity index (χ4n) is 1.16. The van der Waals surface area contributed by atoms with Crippen LogP contribution in [0.4, 0.5) is 13.2 Å². The molecule has 1 aromatic heterocycles.